The third kappa shape index (κ3) is 4.25. The number of carbonyl (C=O) groups excluding carboxylic acids is 1. The van der Waals surface area contributed by atoms with Gasteiger partial charge in [-0.25, -0.2) is 0 Å². The van der Waals surface area contributed by atoms with Crippen LogP contribution in [0, 0.1) is 17.2 Å². The maximum atomic E-state index is 11.1. The van der Waals surface area contributed by atoms with Gasteiger partial charge in [-0.1, -0.05) is 12.1 Å². The number of esters is 1. The van der Waals surface area contributed by atoms with E-state index in [-0.39, 0.29) is 24.9 Å². The highest BCUT2D eigenvalue weighted by molar-refractivity contribution is 5.69. The molecule has 0 aliphatic rings. The molecular weight excluding hydrogens is 218 g/mol. The Bertz CT molecular complexity index is 423. The Hall–Kier alpha value is -1.86. The average molecular weight is 233 g/mol. The first-order chi connectivity index (χ1) is 8.19. The van der Waals surface area contributed by atoms with Gasteiger partial charge in [-0.05, 0) is 30.0 Å². The van der Waals surface area contributed by atoms with Crippen molar-refractivity contribution in [1.82, 2.24) is 0 Å². The van der Waals surface area contributed by atoms with Gasteiger partial charge < -0.3 is 9.84 Å². The predicted molar refractivity (Wildman–Crippen MR) is 62.1 cm³/mol. The van der Waals surface area contributed by atoms with Gasteiger partial charge in [0.1, 0.15) is 0 Å². The van der Waals surface area contributed by atoms with Crippen LogP contribution in [0.3, 0.4) is 0 Å². The fourth-order valence-electron chi connectivity index (χ4n) is 1.62. The molecule has 0 aliphatic heterocycles. The zero-order chi connectivity index (χ0) is 12.7. The third-order valence-corrected chi connectivity index (χ3v) is 2.52. The van der Waals surface area contributed by atoms with Crippen LogP contribution >= 0.6 is 0 Å². The minimum Gasteiger partial charge on any atom is -0.469 e. The number of hydrogen-bond donors (Lipinski definition) is 1. The number of nitrogens with zero attached hydrogens (tertiary/aromatic N) is 1. The molecule has 0 saturated carbocycles. The van der Waals surface area contributed by atoms with Crippen molar-refractivity contribution in [1.29, 1.82) is 5.26 Å². The van der Waals surface area contributed by atoms with Crippen LogP contribution in [0.4, 0.5) is 0 Å². The zero-order valence-corrected chi connectivity index (χ0v) is 9.72. The Balaban J connectivity index is 2.67. The van der Waals surface area contributed by atoms with Crippen LogP contribution in [0.15, 0.2) is 24.3 Å². The molecule has 1 aromatic carbocycles. The Morgan fingerprint density at radius 2 is 2.35 bits per heavy atom. The first kappa shape index (κ1) is 13.2. The molecule has 0 fully saturated rings. The minimum atomic E-state index is -0.333. The van der Waals surface area contributed by atoms with E-state index in [9.17, 15) is 9.90 Å². The van der Waals surface area contributed by atoms with Crippen molar-refractivity contribution in [3.8, 4) is 6.07 Å². The van der Waals surface area contributed by atoms with Crippen LogP contribution in [0.1, 0.15) is 17.5 Å². The van der Waals surface area contributed by atoms with Crippen molar-refractivity contribution in [2.75, 3.05) is 13.7 Å². The second-order valence-electron chi connectivity index (χ2n) is 3.85. The number of nitriles is 1. The largest absolute Gasteiger partial charge is 0.469 e. The van der Waals surface area contributed by atoms with Gasteiger partial charge in [0.05, 0.1) is 25.2 Å². The number of aliphatic hydroxyl groups excluding tert-OH is 1. The molecule has 1 unspecified atom stereocenters. The molecule has 0 radical (unpaired) electrons. The summed E-state index contributed by atoms with van der Waals surface area (Å²) >= 11 is 0. The van der Waals surface area contributed by atoms with Gasteiger partial charge in [0.15, 0.2) is 0 Å². The number of carbonyl (C=O) groups is 1. The van der Waals surface area contributed by atoms with E-state index in [1.807, 2.05) is 6.07 Å². The first-order valence-electron chi connectivity index (χ1n) is 5.36. The molecule has 90 valence electrons. The molecule has 0 aliphatic carbocycles. The molecule has 0 saturated heterocycles. The van der Waals surface area contributed by atoms with Crippen LogP contribution in [0.25, 0.3) is 0 Å². The topological polar surface area (TPSA) is 70.3 Å². The van der Waals surface area contributed by atoms with Crippen LogP contribution in [0.5, 0.6) is 0 Å². The number of hydrogen-bond acceptors (Lipinski definition) is 4. The summed E-state index contributed by atoms with van der Waals surface area (Å²) in [7, 11) is 1.33. The minimum absolute atomic E-state index is 0.0775. The molecule has 0 heterocycles. The lowest BCUT2D eigenvalue weighted by Crippen LogP contribution is -2.16. The van der Waals surface area contributed by atoms with Crippen LogP contribution in [-0.2, 0) is 16.0 Å². The van der Waals surface area contributed by atoms with Crippen molar-refractivity contribution < 1.29 is 14.6 Å². The van der Waals surface area contributed by atoms with Crippen molar-refractivity contribution >= 4 is 5.97 Å². The van der Waals surface area contributed by atoms with Gasteiger partial charge in [0, 0.05) is 6.61 Å². The van der Waals surface area contributed by atoms with E-state index in [0.29, 0.717) is 12.0 Å². The molecule has 4 heteroatoms. The highest BCUT2D eigenvalue weighted by Gasteiger charge is 2.14. The summed E-state index contributed by atoms with van der Waals surface area (Å²) in [6, 6.07) is 9.21. The summed E-state index contributed by atoms with van der Waals surface area (Å²) in [5, 5.41) is 17.9. The van der Waals surface area contributed by atoms with Gasteiger partial charge in [-0.2, -0.15) is 5.26 Å². The van der Waals surface area contributed by atoms with Crippen molar-refractivity contribution in [3.05, 3.63) is 35.4 Å². The Morgan fingerprint density at radius 1 is 1.59 bits per heavy atom. The van der Waals surface area contributed by atoms with Crippen molar-refractivity contribution in [2.45, 2.75) is 12.8 Å². The summed E-state index contributed by atoms with van der Waals surface area (Å²) < 4.78 is 4.56. The Labute approximate surface area is 100 Å². The van der Waals surface area contributed by atoms with Gasteiger partial charge in [0.2, 0.25) is 0 Å². The summed E-state index contributed by atoms with van der Waals surface area (Å²) in [5.74, 6) is -0.503. The van der Waals surface area contributed by atoms with E-state index in [1.165, 1.54) is 7.11 Å². The standard InChI is InChI=1S/C13H15NO3/c1-17-13(16)7-12(9-15)6-10-3-2-4-11(5-10)8-14/h2-5,12,15H,6-7,9H2,1H3. The number of benzene rings is 1. The number of ether oxygens (including phenoxy) is 1. The summed E-state index contributed by atoms with van der Waals surface area (Å²) in [5.41, 5.74) is 1.52. The van der Waals surface area contributed by atoms with E-state index >= 15 is 0 Å². The second kappa shape index (κ2) is 6.66. The smallest absolute Gasteiger partial charge is 0.305 e. The molecule has 0 amide bonds. The highest BCUT2D eigenvalue weighted by Crippen LogP contribution is 2.14. The lowest BCUT2D eigenvalue weighted by Gasteiger charge is -2.12. The van der Waals surface area contributed by atoms with E-state index in [0.717, 1.165) is 5.56 Å². The fourth-order valence-corrected chi connectivity index (χ4v) is 1.62. The van der Waals surface area contributed by atoms with Crippen LogP contribution in [0.2, 0.25) is 0 Å². The van der Waals surface area contributed by atoms with Crippen molar-refractivity contribution in [3.63, 3.8) is 0 Å². The summed E-state index contributed by atoms with van der Waals surface area (Å²) in [6.45, 7) is -0.0775. The van der Waals surface area contributed by atoms with Gasteiger partial charge in [0.25, 0.3) is 0 Å². The first-order valence-corrected chi connectivity index (χ1v) is 5.36. The number of methoxy groups -OCH3 is 1. The van der Waals surface area contributed by atoms with Gasteiger partial charge >= 0.3 is 5.97 Å². The molecule has 0 spiro atoms. The molecule has 1 rings (SSSR count). The predicted octanol–water partition coefficient (Wildman–Crippen LogP) is 1.27. The third-order valence-electron chi connectivity index (χ3n) is 2.52. The average Bonchev–Trinajstić information content (AvgIpc) is 2.37. The lowest BCUT2D eigenvalue weighted by atomic mass is 9.96. The molecule has 1 N–H and O–H groups in total. The number of rotatable bonds is 5. The van der Waals surface area contributed by atoms with Crippen LogP contribution < -0.4 is 0 Å². The molecular formula is C13H15NO3. The molecule has 0 aromatic heterocycles. The quantitative estimate of drug-likeness (QED) is 0.777. The summed E-state index contributed by atoms with van der Waals surface area (Å²) in [6.07, 6.45) is 0.741. The number of aliphatic hydroxyl groups is 1. The highest BCUT2D eigenvalue weighted by atomic mass is 16.5. The molecule has 4 nitrogen and oxygen atoms in total. The maximum absolute atomic E-state index is 11.1. The summed E-state index contributed by atoms with van der Waals surface area (Å²) in [4.78, 5) is 11.1. The monoisotopic (exact) mass is 233 g/mol. The Morgan fingerprint density at radius 3 is 2.94 bits per heavy atom. The zero-order valence-electron chi connectivity index (χ0n) is 9.72. The second-order valence-corrected chi connectivity index (χ2v) is 3.85. The van der Waals surface area contributed by atoms with E-state index in [4.69, 9.17) is 5.26 Å². The van der Waals surface area contributed by atoms with Gasteiger partial charge in [-0.3, -0.25) is 4.79 Å². The Kier molecular flexibility index (Phi) is 5.18. The fraction of sp³-hybridized carbons (Fsp3) is 0.385. The van der Waals surface area contributed by atoms with E-state index in [2.05, 4.69) is 10.8 Å². The molecule has 0 bridgehead atoms. The lowest BCUT2D eigenvalue weighted by molar-refractivity contribution is -0.142. The molecule has 17 heavy (non-hydrogen) atoms. The van der Waals surface area contributed by atoms with E-state index < -0.39 is 0 Å². The van der Waals surface area contributed by atoms with Gasteiger partial charge in [-0.15, -0.1) is 0 Å². The van der Waals surface area contributed by atoms with Crippen LogP contribution in [-0.4, -0.2) is 24.8 Å². The van der Waals surface area contributed by atoms with Crippen molar-refractivity contribution in [2.24, 2.45) is 5.92 Å². The molecule has 1 atom stereocenters. The normalized spacial score (nSPS) is 11.6. The molecule has 1 aromatic rings. The maximum Gasteiger partial charge on any atom is 0.305 e. The SMILES string of the molecule is COC(=O)CC(CO)Cc1cccc(C#N)c1. The van der Waals surface area contributed by atoms with E-state index in [1.54, 1.807) is 18.2 Å².